The summed E-state index contributed by atoms with van der Waals surface area (Å²) in [6.07, 6.45) is 0.234. The van der Waals surface area contributed by atoms with Crippen molar-refractivity contribution in [1.82, 2.24) is 5.32 Å². The van der Waals surface area contributed by atoms with E-state index in [0.29, 0.717) is 18.5 Å². The molecule has 0 saturated heterocycles. The van der Waals surface area contributed by atoms with Crippen molar-refractivity contribution >= 4 is 5.91 Å². The molecule has 3 nitrogen and oxygen atoms in total. The van der Waals surface area contributed by atoms with E-state index >= 15 is 0 Å². The molecule has 1 unspecified atom stereocenters. The molecule has 0 saturated carbocycles. The van der Waals surface area contributed by atoms with Crippen LogP contribution in [-0.2, 0) is 0 Å². The highest BCUT2D eigenvalue weighted by atomic mass is 16.3. The number of carbonyl (C=O) groups is 1. The summed E-state index contributed by atoms with van der Waals surface area (Å²) in [5, 5.41) is 12.5. The molecule has 0 aromatic heterocycles. The quantitative estimate of drug-likeness (QED) is 0.842. The third kappa shape index (κ3) is 4.15. The Bertz CT molecular complexity index is 413. The van der Waals surface area contributed by atoms with Gasteiger partial charge < -0.3 is 10.4 Å². The van der Waals surface area contributed by atoms with Gasteiger partial charge in [0.25, 0.3) is 5.91 Å². The minimum atomic E-state index is -0.357. The Hall–Kier alpha value is -1.35. The summed E-state index contributed by atoms with van der Waals surface area (Å²) >= 11 is 0. The lowest BCUT2D eigenvalue weighted by Crippen LogP contribution is -2.29. The lowest BCUT2D eigenvalue weighted by atomic mass is 10.0. The fraction of sp³-hybridized carbons (Fsp3) is 0.533. The van der Waals surface area contributed by atoms with Gasteiger partial charge in [0.1, 0.15) is 0 Å². The van der Waals surface area contributed by atoms with E-state index < -0.39 is 0 Å². The van der Waals surface area contributed by atoms with Crippen LogP contribution in [0.5, 0.6) is 0 Å². The summed E-state index contributed by atoms with van der Waals surface area (Å²) in [7, 11) is 0. The Morgan fingerprint density at radius 3 is 2.61 bits per heavy atom. The SMILES string of the molecule is Cc1ccc(C)c(C(=O)NCCC(O)C(C)C)c1. The van der Waals surface area contributed by atoms with Crippen LogP contribution >= 0.6 is 0 Å². The largest absolute Gasteiger partial charge is 0.393 e. The van der Waals surface area contributed by atoms with Gasteiger partial charge in [-0.1, -0.05) is 31.5 Å². The van der Waals surface area contributed by atoms with Gasteiger partial charge in [0, 0.05) is 12.1 Å². The van der Waals surface area contributed by atoms with Crippen molar-refractivity contribution in [3.05, 3.63) is 34.9 Å². The van der Waals surface area contributed by atoms with Gasteiger partial charge in [-0.2, -0.15) is 0 Å². The highest BCUT2D eigenvalue weighted by Crippen LogP contribution is 2.10. The number of hydrogen-bond acceptors (Lipinski definition) is 2. The molecular weight excluding hydrogens is 226 g/mol. The first-order chi connectivity index (χ1) is 8.41. The van der Waals surface area contributed by atoms with Crippen molar-refractivity contribution in [2.24, 2.45) is 5.92 Å². The van der Waals surface area contributed by atoms with Gasteiger partial charge in [-0.05, 0) is 37.8 Å². The number of carbonyl (C=O) groups excluding carboxylic acids is 1. The van der Waals surface area contributed by atoms with E-state index in [9.17, 15) is 9.90 Å². The molecule has 1 aromatic carbocycles. The summed E-state index contributed by atoms with van der Waals surface area (Å²) in [6.45, 7) is 8.34. The normalized spacial score (nSPS) is 12.6. The molecule has 1 amide bonds. The molecule has 0 heterocycles. The first-order valence-electron chi connectivity index (χ1n) is 6.45. The highest BCUT2D eigenvalue weighted by Gasteiger charge is 2.11. The Kier molecular flexibility index (Phi) is 5.35. The van der Waals surface area contributed by atoms with Crippen LogP contribution in [0, 0.1) is 19.8 Å². The van der Waals surface area contributed by atoms with E-state index in [0.717, 1.165) is 11.1 Å². The van der Waals surface area contributed by atoms with Gasteiger partial charge in [-0.25, -0.2) is 0 Å². The number of aryl methyl sites for hydroxylation is 2. The van der Waals surface area contributed by atoms with Gasteiger partial charge in [0.15, 0.2) is 0 Å². The van der Waals surface area contributed by atoms with Crippen LogP contribution < -0.4 is 5.32 Å². The van der Waals surface area contributed by atoms with Crippen molar-refractivity contribution in [3.8, 4) is 0 Å². The lowest BCUT2D eigenvalue weighted by Gasteiger charge is -2.15. The molecule has 0 radical (unpaired) electrons. The first-order valence-corrected chi connectivity index (χ1v) is 6.45. The Morgan fingerprint density at radius 1 is 1.33 bits per heavy atom. The van der Waals surface area contributed by atoms with Crippen molar-refractivity contribution < 1.29 is 9.90 Å². The number of amides is 1. The minimum Gasteiger partial charge on any atom is -0.393 e. The number of aliphatic hydroxyl groups excluding tert-OH is 1. The van der Waals surface area contributed by atoms with Crippen LogP contribution in [0.4, 0.5) is 0 Å². The zero-order valence-corrected chi connectivity index (χ0v) is 11.7. The van der Waals surface area contributed by atoms with E-state index in [4.69, 9.17) is 0 Å². The highest BCUT2D eigenvalue weighted by molar-refractivity contribution is 5.95. The molecule has 1 rings (SSSR count). The second kappa shape index (κ2) is 6.55. The maximum atomic E-state index is 12.0. The fourth-order valence-corrected chi connectivity index (χ4v) is 1.74. The summed E-state index contributed by atoms with van der Waals surface area (Å²) in [6, 6.07) is 5.84. The van der Waals surface area contributed by atoms with Crippen LogP contribution in [0.25, 0.3) is 0 Å². The first kappa shape index (κ1) is 14.7. The molecule has 2 N–H and O–H groups in total. The van der Waals surface area contributed by atoms with E-state index in [1.165, 1.54) is 0 Å². The van der Waals surface area contributed by atoms with Crippen molar-refractivity contribution in [1.29, 1.82) is 0 Å². The van der Waals surface area contributed by atoms with E-state index in [1.54, 1.807) is 0 Å². The third-order valence-corrected chi connectivity index (χ3v) is 3.13. The molecular formula is C15H23NO2. The van der Waals surface area contributed by atoms with Crippen LogP contribution in [0.3, 0.4) is 0 Å². The Balaban J connectivity index is 2.53. The molecule has 0 aliphatic heterocycles. The van der Waals surface area contributed by atoms with Gasteiger partial charge in [0.2, 0.25) is 0 Å². The molecule has 0 fully saturated rings. The lowest BCUT2D eigenvalue weighted by molar-refractivity contribution is 0.0919. The average Bonchev–Trinajstić information content (AvgIpc) is 2.31. The molecule has 100 valence electrons. The predicted molar refractivity (Wildman–Crippen MR) is 73.7 cm³/mol. The molecule has 0 aliphatic rings. The summed E-state index contributed by atoms with van der Waals surface area (Å²) in [4.78, 5) is 12.0. The summed E-state index contributed by atoms with van der Waals surface area (Å²) in [5.74, 6) is 0.162. The smallest absolute Gasteiger partial charge is 0.251 e. The van der Waals surface area contributed by atoms with Crippen molar-refractivity contribution in [3.63, 3.8) is 0 Å². The van der Waals surface area contributed by atoms with Gasteiger partial charge in [0.05, 0.1) is 6.10 Å². The van der Waals surface area contributed by atoms with Gasteiger partial charge >= 0.3 is 0 Å². The van der Waals surface area contributed by atoms with E-state index in [-0.39, 0.29) is 17.9 Å². The molecule has 18 heavy (non-hydrogen) atoms. The molecule has 1 atom stereocenters. The van der Waals surface area contributed by atoms with Gasteiger partial charge in [-0.15, -0.1) is 0 Å². The Morgan fingerprint density at radius 2 is 2.00 bits per heavy atom. The zero-order chi connectivity index (χ0) is 13.7. The number of hydrogen-bond donors (Lipinski definition) is 2. The maximum Gasteiger partial charge on any atom is 0.251 e. The number of rotatable bonds is 5. The zero-order valence-electron chi connectivity index (χ0n) is 11.7. The molecule has 0 spiro atoms. The molecule has 0 bridgehead atoms. The summed E-state index contributed by atoms with van der Waals surface area (Å²) < 4.78 is 0. The maximum absolute atomic E-state index is 12.0. The Labute approximate surface area is 109 Å². The van der Waals surface area contributed by atoms with Crippen LogP contribution in [0.2, 0.25) is 0 Å². The van der Waals surface area contributed by atoms with Crippen molar-refractivity contribution in [2.45, 2.75) is 40.2 Å². The van der Waals surface area contributed by atoms with Crippen LogP contribution in [-0.4, -0.2) is 23.7 Å². The molecule has 0 aliphatic carbocycles. The van der Waals surface area contributed by atoms with Gasteiger partial charge in [-0.3, -0.25) is 4.79 Å². The number of benzene rings is 1. The second-order valence-corrected chi connectivity index (χ2v) is 5.17. The third-order valence-electron chi connectivity index (χ3n) is 3.13. The average molecular weight is 249 g/mol. The monoisotopic (exact) mass is 249 g/mol. The number of nitrogens with one attached hydrogen (secondary N) is 1. The fourth-order valence-electron chi connectivity index (χ4n) is 1.74. The second-order valence-electron chi connectivity index (χ2n) is 5.17. The summed E-state index contributed by atoms with van der Waals surface area (Å²) in [5.41, 5.74) is 2.77. The topological polar surface area (TPSA) is 49.3 Å². The van der Waals surface area contributed by atoms with E-state index in [2.05, 4.69) is 5.32 Å². The molecule has 3 heteroatoms. The number of aliphatic hydroxyl groups is 1. The molecule has 1 aromatic rings. The van der Waals surface area contributed by atoms with Crippen molar-refractivity contribution in [2.75, 3.05) is 6.54 Å². The minimum absolute atomic E-state index is 0.0628. The predicted octanol–water partition coefficient (Wildman–Crippen LogP) is 2.44. The van der Waals surface area contributed by atoms with Crippen LogP contribution in [0.1, 0.15) is 41.8 Å². The van der Waals surface area contributed by atoms with Crippen LogP contribution in [0.15, 0.2) is 18.2 Å². The van der Waals surface area contributed by atoms with E-state index in [1.807, 2.05) is 45.9 Å². The standard InChI is InChI=1S/C15H23NO2/c1-10(2)14(17)7-8-16-15(18)13-9-11(3)5-6-12(13)4/h5-6,9-10,14,17H,7-8H2,1-4H3,(H,16,18).